The number of hydrogen-bond donors (Lipinski definition) is 1. The number of benzene rings is 2. The largest absolute Gasteiger partial charge is 0.471 e. The van der Waals surface area contributed by atoms with Crippen molar-refractivity contribution < 1.29 is 27.2 Å². The molecule has 128 valence electrons. The Labute approximate surface area is 139 Å². The number of ether oxygens (including phenoxy) is 1. The molecule has 2 aromatic carbocycles. The zero-order valence-electron chi connectivity index (χ0n) is 12.4. The number of hydrogen-bond acceptors (Lipinski definition) is 5. The van der Waals surface area contributed by atoms with Crippen molar-refractivity contribution in [2.24, 2.45) is 0 Å². The third kappa shape index (κ3) is 4.14. The summed E-state index contributed by atoms with van der Waals surface area (Å²) in [6, 6.07) is 14.3. The smallest absolute Gasteiger partial charge is 0.410 e. The molecule has 0 radical (unpaired) electrons. The minimum absolute atomic E-state index is 0.243. The van der Waals surface area contributed by atoms with Gasteiger partial charge in [0.15, 0.2) is 0 Å². The number of para-hydroxylation sites is 1. The lowest BCUT2D eigenvalue weighted by atomic mass is 10.2. The maximum Gasteiger partial charge on any atom is 0.471 e. The molecule has 0 saturated carbocycles. The van der Waals surface area contributed by atoms with E-state index in [1.807, 2.05) is 0 Å². The molecule has 1 heterocycles. The molecule has 6 nitrogen and oxygen atoms in total. The number of nitrogens with zero attached hydrogens (tertiary/aromatic N) is 2. The van der Waals surface area contributed by atoms with Crippen LogP contribution in [0.25, 0.3) is 11.4 Å². The summed E-state index contributed by atoms with van der Waals surface area (Å²) in [5.74, 6) is -1.33. The summed E-state index contributed by atoms with van der Waals surface area (Å²) in [7, 11) is 0. The van der Waals surface area contributed by atoms with Crippen molar-refractivity contribution in [3.8, 4) is 17.1 Å². The fraction of sp³-hybridized carbons (Fsp3) is 0.0625. The van der Waals surface area contributed by atoms with Gasteiger partial charge in [0.05, 0.1) is 0 Å². The van der Waals surface area contributed by atoms with E-state index in [9.17, 15) is 18.0 Å². The highest BCUT2D eigenvalue weighted by Gasteiger charge is 2.38. The number of alkyl halides is 3. The van der Waals surface area contributed by atoms with Crippen molar-refractivity contribution in [2.45, 2.75) is 6.18 Å². The van der Waals surface area contributed by atoms with Gasteiger partial charge in [-0.05, 0) is 24.3 Å². The van der Waals surface area contributed by atoms with E-state index < -0.39 is 18.2 Å². The fourth-order valence-electron chi connectivity index (χ4n) is 1.93. The van der Waals surface area contributed by atoms with Gasteiger partial charge in [0.25, 0.3) is 0 Å². The standard InChI is InChI=1S/C16H10F3N3O3/c17-16(18,19)14-21-13(22-25-14)10-5-4-6-11(9-10)20-15(23)24-12-7-2-1-3-8-12/h1-9H,(H,20,23). The molecule has 0 aliphatic rings. The molecule has 1 aromatic heterocycles. The van der Waals surface area contributed by atoms with Gasteiger partial charge in [-0.15, -0.1) is 0 Å². The number of amides is 1. The van der Waals surface area contributed by atoms with Gasteiger partial charge in [-0.1, -0.05) is 35.5 Å². The van der Waals surface area contributed by atoms with Gasteiger partial charge in [0.1, 0.15) is 5.75 Å². The van der Waals surface area contributed by atoms with E-state index in [2.05, 4.69) is 20.0 Å². The quantitative estimate of drug-likeness (QED) is 0.760. The molecule has 0 aliphatic heterocycles. The van der Waals surface area contributed by atoms with Crippen molar-refractivity contribution in [3.63, 3.8) is 0 Å². The minimum atomic E-state index is -4.72. The summed E-state index contributed by atoms with van der Waals surface area (Å²) >= 11 is 0. The van der Waals surface area contributed by atoms with Crippen molar-refractivity contribution in [1.29, 1.82) is 0 Å². The first-order valence-corrected chi connectivity index (χ1v) is 6.97. The Morgan fingerprint density at radius 1 is 1.08 bits per heavy atom. The van der Waals surface area contributed by atoms with Gasteiger partial charge in [-0.25, -0.2) is 4.79 Å². The van der Waals surface area contributed by atoms with Crippen molar-refractivity contribution in [2.75, 3.05) is 5.32 Å². The second kappa shape index (κ2) is 6.63. The van der Waals surface area contributed by atoms with Crippen LogP contribution in [0, 0.1) is 0 Å². The van der Waals surface area contributed by atoms with Gasteiger partial charge < -0.3 is 9.26 Å². The molecule has 0 bridgehead atoms. The Hall–Kier alpha value is -3.36. The van der Waals surface area contributed by atoms with E-state index in [0.717, 1.165) is 0 Å². The van der Waals surface area contributed by atoms with Crippen LogP contribution in [0.15, 0.2) is 59.1 Å². The molecule has 0 saturated heterocycles. The van der Waals surface area contributed by atoms with Gasteiger partial charge in [-0.3, -0.25) is 5.32 Å². The molecule has 3 rings (SSSR count). The van der Waals surface area contributed by atoms with Crippen LogP contribution < -0.4 is 10.1 Å². The molecule has 1 N–H and O–H groups in total. The van der Waals surface area contributed by atoms with E-state index in [0.29, 0.717) is 11.4 Å². The van der Waals surface area contributed by atoms with Gasteiger partial charge in [-0.2, -0.15) is 18.2 Å². The maximum absolute atomic E-state index is 12.5. The Balaban J connectivity index is 1.73. The molecule has 0 aliphatic carbocycles. The van der Waals surface area contributed by atoms with Crippen LogP contribution in [0.2, 0.25) is 0 Å². The number of aromatic nitrogens is 2. The summed E-state index contributed by atoms with van der Waals surface area (Å²) in [4.78, 5) is 15.1. The molecule has 0 atom stereocenters. The first kappa shape index (κ1) is 16.5. The SMILES string of the molecule is O=C(Nc1cccc(-c2noc(C(F)(F)F)n2)c1)Oc1ccccc1. The average Bonchev–Trinajstić information content (AvgIpc) is 3.06. The monoisotopic (exact) mass is 349 g/mol. The number of carbonyl (C=O) groups is 1. The lowest BCUT2D eigenvalue weighted by Crippen LogP contribution is -2.16. The summed E-state index contributed by atoms with van der Waals surface area (Å²) in [5.41, 5.74) is 0.550. The normalized spacial score (nSPS) is 11.2. The predicted molar refractivity (Wildman–Crippen MR) is 80.8 cm³/mol. The van der Waals surface area contributed by atoms with Crippen molar-refractivity contribution in [3.05, 3.63) is 60.5 Å². The number of halogens is 3. The Morgan fingerprint density at radius 2 is 1.84 bits per heavy atom. The Kier molecular flexibility index (Phi) is 4.38. The van der Waals surface area contributed by atoms with Crippen LogP contribution in [0.3, 0.4) is 0 Å². The summed E-state index contributed by atoms with van der Waals surface area (Å²) < 4.78 is 46.8. The second-order valence-electron chi connectivity index (χ2n) is 4.83. The predicted octanol–water partition coefficient (Wildman–Crippen LogP) is 4.37. The molecule has 1 amide bonds. The Bertz CT molecular complexity index is 879. The lowest BCUT2D eigenvalue weighted by molar-refractivity contribution is -0.159. The topological polar surface area (TPSA) is 77.3 Å². The van der Waals surface area contributed by atoms with Crippen molar-refractivity contribution in [1.82, 2.24) is 10.1 Å². The van der Waals surface area contributed by atoms with Crippen LogP contribution in [-0.2, 0) is 6.18 Å². The average molecular weight is 349 g/mol. The van der Waals surface area contributed by atoms with Gasteiger partial charge in [0.2, 0.25) is 5.82 Å². The molecule has 25 heavy (non-hydrogen) atoms. The number of nitrogens with one attached hydrogen (secondary N) is 1. The van der Waals surface area contributed by atoms with Crippen molar-refractivity contribution >= 4 is 11.8 Å². The highest BCUT2D eigenvalue weighted by molar-refractivity contribution is 5.87. The van der Waals surface area contributed by atoms with Crippen LogP contribution >= 0.6 is 0 Å². The van der Waals surface area contributed by atoms with Gasteiger partial charge >= 0.3 is 18.2 Å². The summed E-state index contributed by atoms with van der Waals surface area (Å²) in [5, 5.41) is 5.76. The highest BCUT2D eigenvalue weighted by Crippen LogP contribution is 2.29. The van der Waals surface area contributed by atoms with Crippen LogP contribution in [0.1, 0.15) is 5.89 Å². The molecular formula is C16H10F3N3O3. The third-order valence-electron chi connectivity index (χ3n) is 2.99. The first-order valence-electron chi connectivity index (χ1n) is 6.97. The van der Waals surface area contributed by atoms with E-state index in [-0.39, 0.29) is 11.4 Å². The van der Waals surface area contributed by atoms with Crippen LogP contribution in [-0.4, -0.2) is 16.2 Å². The van der Waals surface area contributed by atoms with E-state index in [4.69, 9.17) is 4.74 Å². The van der Waals surface area contributed by atoms with Crippen LogP contribution in [0.5, 0.6) is 5.75 Å². The summed E-state index contributed by atoms with van der Waals surface area (Å²) in [6.07, 6.45) is -5.46. The van der Waals surface area contributed by atoms with E-state index >= 15 is 0 Å². The third-order valence-corrected chi connectivity index (χ3v) is 2.99. The minimum Gasteiger partial charge on any atom is -0.410 e. The highest BCUT2D eigenvalue weighted by atomic mass is 19.4. The second-order valence-corrected chi connectivity index (χ2v) is 4.83. The lowest BCUT2D eigenvalue weighted by Gasteiger charge is -2.07. The molecule has 9 heteroatoms. The number of rotatable bonds is 3. The molecule has 0 unspecified atom stereocenters. The zero-order chi connectivity index (χ0) is 17.9. The summed E-state index contributed by atoms with van der Waals surface area (Å²) in [6.45, 7) is 0. The molecule has 3 aromatic rings. The first-order chi connectivity index (χ1) is 11.9. The zero-order valence-corrected chi connectivity index (χ0v) is 12.4. The Morgan fingerprint density at radius 3 is 2.52 bits per heavy atom. The van der Waals surface area contributed by atoms with E-state index in [1.54, 1.807) is 36.4 Å². The number of carbonyl (C=O) groups excluding carboxylic acids is 1. The molecular weight excluding hydrogens is 339 g/mol. The maximum atomic E-state index is 12.5. The molecule has 0 fully saturated rings. The van der Waals surface area contributed by atoms with Gasteiger partial charge in [0, 0.05) is 11.3 Å². The fourth-order valence-corrected chi connectivity index (χ4v) is 1.93. The van der Waals surface area contributed by atoms with Crippen LogP contribution in [0.4, 0.5) is 23.7 Å². The number of anilines is 1. The molecule has 0 spiro atoms. The van der Waals surface area contributed by atoms with E-state index in [1.165, 1.54) is 18.2 Å².